The number of nitrogens with zero attached hydrogens (tertiary/aromatic N) is 5. The van der Waals surface area contributed by atoms with Crippen molar-refractivity contribution in [3.63, 3.8) is 0 Å². The van der Waals surface area contributed by atoms with E-state index < -0.39 is 0 Å². The van der Waals surface area contributed by atoms with E-state index in [0.717, 1.165) is 17.3 Å². The van der Waals surface area contributed by atoms with Crippen molar-refractivity contribution < 1.29 is 0 Å². The zero-order valence-electron chi connectivity index (χ0n) is 9.79. The predicted molar refractivity (Wildman–Crippen MR) is 70.2 cm³/mol. The van der Waals surface area contributed by atoms with E-state index in [-0.39, 0.29) is 0 Å². The largest absolute Gasteiger partial charge is 0.393 e. The molecule has 0 saturated carbocycles. The van der Waals surface area contributed by atoms with Crippen LogP contribution in [0.4, 0.5) is 5.82 Å². The van der Waals surface area contributed by atoms with Crippen LogP contribution in [0.3, 0.4) is 0 Å². The Hall–Kier alpha value is -1.76. The molecule has 0 unspecified atom stereocenters. The molecule has 0 radical (unpaired) electrons. The van der Waals surface area contributed by atoms with Gasteiger partial charge in [-0.25, -0.2) is 4.98 Å². The molecule has 2 aromatic rings. The molecule has 6 nitrogen and oxygen atoms in total. The summed E-state index contributed by atoms with van der Waals surface area (Å²) in [4.78, 5) is 6.79. The molecule has 17 heavy (non-hydrogen) atoms. The van der Waals surface area contributed by atoms with Crippen molar-refractivity contribution in [2.24, 2.45) is 5.73 Å². The third-order valence-corrected chi connectivity index (χ3v) is 2.74. The summed E-state index contributed by atoms with van der Waals surface area (Å²) in [5, 5.41) is 8.14. The first-order valence-electron chi connectivity index (χ1n) is 5.25. The first kappa shape index (κ1) is 11.7. The molecule has 0 aliphatic heterocycles. The molecule has 0 saturated heterocycles. The van der Waals surface area contributed by atoms with E-state index in [0.29, 0.717) is 18.0 Å². The second-order valence-electron chi connectivity index (χ2n) is 3.83. The normalized spacial score (nSPS) is 10.7. The van der Waals surface area contributed by atoms with Crippen molar-refractivity contribution in [2.45, 2.75) is 13.3 Å². The second-order valence-corrected chi connectivity index (χ2v) is 4.35. The fourth-order valence-electron chi connectivity index (χ4n) is 1.58. The Kier molecular flexibility index (Phi) is 3.19. The zero-order chi connectivity index (χ0) is 12.4. The minimum absolute atomic E-state index is 0.501. The molecular weight excluding hydrogens is 236 g/mol. The highest BCUT2D eigenvalue weighted by Crippen LogP contribution is 2.15. The molecule has 0 aromatic carbocycles. The lowest BCUT2D eigenvalue weighted by Gasteiger charge is -2.17. The third-order valence-electron chi connectivity index (χ3n) is 2.53. The topological polar surface area (TPSA) is 72.3 Å². The molecule has 0 amide bonds. The molecule has 0 bridgehead atoms. The zero-order valence-corrected chi connectivity index (χ0v) is 10.6. The van der Waals surface area contributed by atoms with Gasteiger partial charge in [0, 0.05) is 32.4 Å². The van der Waals surface area contributed by atoms with Crippen molar-refractivity contribution in [3.8, 4) is 0 Å². The number of rotatable bonds is 4. The number of aryl methyl sites for hydroxylation is 1. The Bertz CT molecular complexity index is 549. The van der Waals surface area contributed by atoms with Gasteiger partial charge in [0.2, 0.25) is 5.65 Å². The fourth-order valence-corrected chi connectivity index (χ4v) is 1.67. The molecule has 2 rings (SSSR count). The van der Waals surface area contributed by atoms with Gasteiger partial charge in [-0.2, -0.15) is 0 Å². The van der Waals surface area contributed by atoms with Crippen LogP contribution in [0.25, 0.3) is 5.65 Å². The van der Waals surface area contributed by atoms with Crippen LogP contribution in [0.2, 0.25) is 0 Å². The number of aromatic nitrogens is 4. The van der Waals surface area contributed by atoms with Crippen molar-refractivity contribution in [3.05, 3.63) is 18.2 Å². The molecule has 0 aliphatic carbocycles. The molecule has 90 valence electrons. The lowest BCUT2D eigenvalue weighted by Crippen LogP contribution is -2.24. The molecule has 0 fully saturated rings. The lowest BCUT2D eigenvalue weighted by molar-refractivity contribution is 0.891. The van der Waals surface area contributed by atoms with Gasteiger partial charge in [-0.15, -0.1) is 10.2 Å². The maximum Gasteiger partial charge on any atom is 0.203 e. The van der Waals surface area contributed by atoms with Crippen molar-refractivity contribution in [1.82, 2.24) is 19.6 Å². The Morgan fingerprint density at radius 2 is 2.29 bits per heavy atom. The number of hydrogen-bond acceptors (Lipinski definition) is 5. The van der Waals surface area contributed by atoms with Crippen molar-refractivity contribution in [2.75, 3.05) is 18.5 Å². The number of nitrogens with two attached hydrogens (primary N) is 1. The average Bonchev–Trinajstić information content (AvgIpc) is 2.68. The first-order valence-corrected chi connectivity index (χ1v) is 5.66. The molecular formula is C10H14N6S. The van der Waals surface area contributed by atoms with E-state index in [2.05, 4.69) is 15.2 Å². The molecule has 0 spiro atoms. The predicted octanol–water partition coefficient (Wildman–Crippen LogP) is 0.545. The highest BCUT2D eigenvalue weighted by atomic mass is 32.1. The van der Waals surface area contributed by atoms with Crippen LogP contribution in [0.1, 0.15) is 12.2 Å². The Labute approximate surface area is 104 Å². The summed E-state index contributed by atoms with van der Waals surface area (Å²) in [5.74, 6) is 1.62. The van der Waals surface area contributed by atoms with E-state index in [1.165, 1.54) is 0 Å². The highest BCUT2D eigenvalue weighted by molar-refractivity contribution is 7.80. The lowest BCUT2D eigenvalue weighted by atomic mass is 10.4. The molecule has 2 N–H and O–H groups in total. The molecule has 0 aliphatic rings. The Balaban J connectivity index is 2.31. The smallest absolute Gasteiger partial charge is 0.203 e. The maximum atomic E-state index is 5.49. The Morgan fingerprint density at radius 1 is 1.53 bits per heavy atom. The van der Waals surface area contributed by atoms with Gasteiger partial charge in [0.15, 0.2) is 5.82 Å². The van der Waals surface area contributed by atoms with Gasteiger partial charge < -0.3 is 10.6 Å². The van der Waals surface area contributed by atoms with E-state index in [1.807, 2.05) is 29.5 Å². The summed E-state index contributed by atoms with van der Waals surface area (Å²) in [5.41, 5.74) is 6.23. The van der Waals surface area contributed by atoms with Crippen LogP contribution in [-0.2, 0) is 0 Å². The minimum atomic E-state index is 0.501. The van der Waals surface area contributed by atoms with E-state index in [9.17, 15) is 0 Å². The minimum Gasteiger partial charge on any atom is -0.393 e. The van der Waals surface area contributed by atoms with E-state index >= 15 is 0 Å². The monoisotopic (exact) mass is 250 g/mol. The highest BCUT2D eigenvalue weighted by Gasteiger charge is 2.11. The summed E-state index contributed by atoms with van der Waals surface area (Å²) in [6.45, 7) is 2.62. The number of hydrogen-bond donors (Lipinski definition) is 1. The fraction of sp³-hybridized carbons (Fsp3) is 0.400. The van der Waals surface area contributed by atoms with Gasteiger partial charge in [-0.3, -0.25) is 4.40 Å². The Morgan fingerprint density at radius 3 is 3.00 bits per heavy atom. The molecule has 7 heteroatoms. The summed E-state index contributed by atoms with van der Waals surface area (Å²) < 4.78 is 1.90. The van der Waals surface area contributed by atoms with Crippen LogP contribution >= 0.6 is 12.2 Å². The number of anilines is 1. The SMILES string of the molecule is Cc1nnc2c(N(C)CCC(N)=S)nccn12. The standard InChI is InChI=1S/C10H14N6S/c1-7-13-14-10-9(12-4-6-16(7)10)15(2)5-3-8(11)17/h4,6H,3,5H2,1-2H3,(H2,11,17). The molecule has 2 heterocycles. The first-order chi connectivity index (χ1) is 8.09. The quantitative estimate of drug-likeness (QED) is 0.799. The van der Waals surface area contributed by atoms with Gasteiger partial charge in [0.25, 0.3) is 0 Å². The second kappa shape index (κ2) is 4.62. The van der Waals surface area contributed by atoms with Gasteiger partial charge >= 0.3 is 0 Å². The van der Waals surface area contributed by atoms with Gasteiger partial charge in [0.1, 0.15) is 5.82 Å². The summed E-state index contributed by atoms with van der Waals surface area (Å²) in [7, 11) is 1.94. The van der Waals surface area contributed by atoms with Crippen LogP contribution in [0, 0.1) is 6.92 Å². The summed E-state index contributed by atoms with van der Waals surface area (Å²) in [6.07, 6.45) is 4.23. The van der Waals surface area contributed by atoms with E-state index in [1.54, 1.807) is 6.20 Å². The molecule has 0 atom stereocenters. The van der Waals surface area contributed by atoms with Gasteiger partial charge in [0.05, 0.1) is 4.99 Å². The van der Waals surface area contributed by atoms with Crippen molar-refractivity contribution >= 4 is 28.7 Å². The number of thiocarbonyl (C=S) groups is 1. The van der Waals surface area contributed by atoms with Crippen LogP contribution in [0.15, 0.2) is 12.4 Å². The maximum absolute atomic E-state index is 5.49. The van der Waals surface area contributed by atoms with Crippen LogP contribution in [-0.4, -0.2) is 38.2 Å². The van der Waals surface area contributed by atoms with Gasteiger partial charge in [-0.05, 0) is 6.92 Å². The van der Waals surface area contributed by atoms with E-state index in [4.69, 9.17) is 18.0 Å². The average molecular weight is 250 g/mol. The van der Waals surface area contributed by atoms with Crippen LogP contribution in [0.5, 0.6) is 0 Å². The third kappa shape index (κ3) is 2.33. The van der Waals surface area contributed by atoms with Crippen LogP contribution < -0.4 is 10.6 Å². The van der Waals surface area contributed by atoms with Crippen molar-refractivity contribution in [1.29, 1.82) is 0 Å². The summed E-state index contributed by atoms with van der Waals surface area (Å²) >= 11 is 4.86. The molecule has 2 aromatic heterocycles. The number of fused-ring (bicyclic) bond motifs is 1. The summed E-state index contributed by atoms with van der Waals surface area (Å²) in [6, 6.07) is 0. The van der Waals surface area contributed by atoms with Gasteiger partial charge in [-0.1, -0.05) is 12.2 Å².